The molecule has 1 aromatic carbocycles. The van der Waals surface area contributed by atoms with Crippen molar-refractivity contribution in [2.75, 3.05) is 31.1 Å². The van der Waals surface area contributed by atoms with E-state index in [4.69, 9.17) is 9.15 Å². The second-order valence-corrected chi connectivity index (χ2v) is 7.86. The monoisotopic (exact) mass is 421 g/mol. The third-order valence-electron chi connectivity index (χ3n) is 5.67. The first-order valence-corrected chi connectivity index (χ1v) is 10.6. The first-order valence-electron chi connectivity index (χ1n) is 10.6. The SMILES string of the molecule is CCc1cc(=O)oc2cc(C)cc(OC(C)C(=O)N3CCN(c4cccnc4)CC3)c12. The van der Waals surface area contributed by atoms with Crippen LogP contribution < -0.4 is 15.3 Å². The Labute approximate surface area is 181 Å². The van der Waals surface area contributed by atoms with Gasteiger partial charge in [-0.15, -0.1) is 0 Å². The summed E-state index contributed by atoms with van der Waals surface area (Å²) in [6.07, 6.45) is 3.62. The third kappa shape index (κ3) is 4.40. The maximum Gasteiger partial charge on any atom is 0.336 e. The van der Waals surface area contributed by atoms with Gasteiger partial charge in [-0.3, -0.25) is 9.78 Å². The summed E-state index contributed by atoms with van der Waals surface area (Å²) >= 11 is 0. The van der Waals surface area contributed by atoms with Crippen molar-refractivity contribution in [1.29, 1.82) is 0 Å². The summed E-state index contributed by atoms with van der Waals surface area (Å²) in [7, 11) is 0. The number of nitrogens with zero attached hydrogens (tertiary/aromatic N) is 3. The van der Waals surface area contributed by atoms with Crippen LogP contribution in [0.15, 0.2) is 51.9 Å². The number of carbonyl (C=O) groups is 1. The number of aromatic nitrogens is 1. The van der Waals surface area contributed by atoms with Crippen LogP contribution in [0.1, 0.15) is 25.0 Å². The lowest BCUT2D eigenvalue weighted by Crippen LogP contribution is -2.52. The number of fused-ring (bicyclic) bond motifs is 1. The molecule has 3 aromatic rings. The molecule has 0 N–H and O–H groups in total. The number of carbonyl (C=O) groups excluding carboxylic acids is 1. The van der Waals surface area contributed by atoms with Gasteiger partial charge in [0, 0.05) is 38.4 Å². The summed E-state index contributed by atoms with van der Waals surface area (Å²) in [5.41, 5.74) is 2.94. The Bertz CT molecular complexity index is 1130. The molecule has 4 rings (SSSR count). The molecule has 1 unspecified atom stereocenters. The summed E-state index contributed by atoms with van der Waals surface area (Å²) in [5, 5.41) is 0.758. The number of rotatable bonds is 5. The van der Waals surface area contributed by atoms with Gasteiger partial charge in [0.1, 0.15) is 11.3 Å². The lowest BCUT2D eigenvalue weighted by molar-refractivity contribution is -0.138. The summed E-state index contributed by atoms with van der Waals surface area (Å²) in [6.45, 7) is 8.43. The van der Waals surface area contributed by atoms with E-state index in [1.165, 1.54) is 6.07 Å². The lowest BCUT2D eigenvalue weighted by Gasteiger charge is -2.37. The fourth-order valence-corrected chi connectivity index (χ4v) is 4.07. The van der Waals surface area contributed by atoms with Gasteiger partial charge in [-0.2, -0.15) is 0 Å². The molecule has 0 saturated carbocycles. The maximum absolute atomic E-state index is 13.1. The third-order valence-corrected chi connectivity index (χ3v) is 5.67. The van der Waals surface area contributed by atoms with Crippen LogP contribution in [-0.4, -0.2) is 48.1 Å². The van der Waals surface area contributed by atoms with Gasteiger partial charge in [0.15, 0.2) is 6.10 Å². The number of amides is 1. The number of aryl methyl sites for hydroxylation is 2. The van der Waals surface area contributed by atoms with E-state index in [-0.39, 0.29) is 11.5 Å². The summed E-state index contributed by atoms with van der Waals surface area (Å²) in [4.78, 5) is 33.2. The van der Waals surface area contributed by atoms with Gasteiger partial charge in [0.2, 0.25) is 0 Å². The zero-order chi connectivity index (χ0) is 22.0. The summed E-state index contributed by atoms with van der Waals surface area (Å²) < 4.78 is 11.5. The van der Waals surface area contributed by atoms with E-state index in [9.17, 15) is 9.59 Å². The highest BCUT2D eigenvalue weighted by Gasteiger charge is 2.27. The van der Waals surface area contributed by atoms with Crippen molar-refractivity contribution in [3.05, 3.63) is 64.3 Å². The van der Waals surface area contributed by atoms with Crippen molar-refractivity contribution >= 4 is 22.6 Å². The van der Waals surface area contributed by atoms with Crippen molar-refractivity contribution in [1.82, 2.24) is 9.88 Å². The maximum atomic E-state index is 13.1. The summed E-state index contributed by atoms with van der Waals surface area (Å²) in [6, 6.07) is 9.16. The molecule has 0 spiro atoms. The molecule has 162 valence electrons. The minimum Gasteiger partial charge on any atom is -0.480 e. The zero-order valence-electron chi connectivity index (χ0n) is 18.1. The first-order chi connectivity index (χ1) is 15.0. The van der Waals surface area contributed by atoms with E-state index >= 15 is 0 Å². The molecular formula is C24H27N3O4. The van der Waals surface area contributed by atoms with Gasteiger partial charge in [-0.1, -0.05) is 6.92 Å². The fourth-order valence-electron chi connectivity index (χ4n) is 4.07. The summed E-state index contributed by atoms with van der Waals surface area (Å²) in [5.74, 6) is 0.529. The van der Waals surface area contributed by atoms with E-state index < -0.39 is 6.10 Å². The Morgan fingerprint density at radius 1 is 1.23 bits per heavy atom. The number of hydrogen-bond donors (Lipinski definition) is 0. The molecule has 1 aliphatic heterocycles. The predicted octanol–water partition coefficient (Wildman–Crippen LogP) is 3.17. The van der Waals surface area contributed by atoms with Gasteiger partial charge in [0.25, 0.3) is 5.91 Å². The minimum atomic E-state index is -0.647. The molecule has 1 amide bonds. The topological polar surface area (TPSA) is 75.9 Å². The van der Waals surface area contributed by atoms with Crippen LogP contribution >= 0.6 is 0 Å². The number of pyridine rings is 1. The minimum absolute atomic E-state index is 0.0454. The lowest BCUT2D eigenvalue weighted by atomic mass is 10.0. The highest BCUT2D eigenvalue weighted by Crippen LogP contribution is 2.31. The Morgan fingerprint density at radius 2 is 2.00 bits per heavy atom. The van der Waals surface area contributed by atoms with Crippen molar-refractivity contribution in [2.45, 2.75) is 33.3 Å². The standard InChI is InChI=1S/C24H27N3O4/c1-4-18-14-22(28)31-21-13-16(2)12-20(23(18)21)30-17(3)24(29)27-10-8-26(9-11-27)19-6-5-7-25-15-19/h5-7,12-15,17H,4,8-11H2,1-3H3. The van der Waals surface area contributed by atoms with E-state index in [0.717, 1.165) is 35.3 Å². The van der Waals surface area contributed by atoms with Crippen LogP contribution in [0.25, 0.3) is 11.0 Å². The molecule has 1 aliphatic rings. The average molecular weight is 421 g/mol. The van der Waals surface area contributed by atoms with Crippen LogP contribution in [0.2, 0.25) is 0 Å². The molecule has 3 heterocycles. The molecule has 7 heteroatoms. The molecule has 31 heavy (non-hydrogen) atoms. The largest absolute Gasteiger partial charge is 0.480 e. The second-order valence-electron chi connectivity index (χ2n) is 7.86. The van der Waals surface area contributed by atoms with Crippen LogP contribution in [0.5, 0.6) is 5.75 Å². The molecule has 7 nitrogen and oxygen atoms in total. The Morgan fingerprint density at radius 3 is 2.68 bits per heavy atom. The van der Waals surface area contributed by atoms with Gasteiger partial charge < -0.3 is 19.0 Å². The molecule has 2 aromatic heterocycles. The number of ether oxygens (including phenoxy) is 1. The van der Waals surface area contributed by atoms with Gasteiger partial charge >= 0.3 is 5.63 Å². The number of benzene rings is 1. The Balaban J connectivity index is 1.50. The quantitative estimate of drug-likeness (QED) is 0.589. The molecule has 0 aliphatic carbocycles. The van der Waals surface area contributed by atoms with Crippen LogP contribution in [0.3, 0.4) is 0 Å². The van der Waals surface area contributed by atoms with Crippen LogP contribution in [0.4, 0.5) is 5.69 Å². The second kappa shape index (κ2) is 8.79. The molecule has 1 atom stereocenters. The highest BCUT2D eigenvalue weighted by atomic mass is 16.5. The van der Waals surface area contributed by atoms with Crippen molar-refractivity contribution in [2.24, 2.45) is 0 Å². The molecule has 1 fully saturated rings. The smallest absolute Gasteiger partial charge is 0.336 e. The Kier molecular flexibility index (Phi) is 5.93. The molecule has 0 radical (unpaired) electrons. The average Bonchev–Trinajstić information content (AvgIpc) is 2.78. The highest BCUT2D eigenvalue weighted by molar-refractivity contribution is 5.88. The molecule has 1 saturated heterocycles. The van der Waals surface area contributed by atoms with Crippen molar-refractivity contribution in [3.8, 4) is 5.75 Å². The van der Waals surface area contributed by atoms with E-state index in [1.54, 1.807) is 13.1 Å². The molecular weight excluding hydrogens is 394 g/mol. The van der Waals surface area contributed by atoms with E-state index in [0.29, 0.717) is 30.8 Å². The van der Waals surface area contributed by atoms with E-state index in [1.807, 2.05) is 49.2 Å². The molecule has 0 bridgehead atoms. The number of anilines is 1. The van der Waals surface area contributed by atoms with Gasteiger partial charge in [0.05, 0.1) is 17.3 Å². The zero-order valence-corrected chi connectivity index (χ0v) is 18.1. The predicted molar refractivity (Wildman–Crippen MR) is 120 cm³/mol. The van der Waals surface area contributed by atoms with E-state index in [2.05, 4.69) is 9.88 Å². The van der Waals surface area contributed by atoms with Crippen LogP contribution in [-0.2, 0) is 11.2 Å². The fraction of sp³-hybridized carbons (Fsp3) is 0.375. The van der Waals surface area contributed by atoms with Gasteiger partial charge in [-0.05, 0) is 55.7 Å². The first kappa shape index (κ1) is 20.9. The van der Waals surface area contributed by atoms with Crippen molar-refractivity contribution < 1.29 is 13.9 Å². The normalized spacial score (nSPS) is 15.2. The number of piperazine rings is 1. The Hall–Kier alpha value is -3.35. The van der Waals surface area contributed by atoms with Crippen LogP contribution in [0, 0.1) is 6.92 Å². The number of hydrogen-bond acceptors (Lipinski definition) is 6. The van der Waals surface area contributed by atoms with Crippen molar-refractivity contribution in [3.63, 3.8) is 0 Å². The van der Waals surface area contributed by atoms with Gasteiger partial charge in [-0.25, -0.2) is 4.79 Å².